The lowest BCUT2D eigenvalue weighted by Gasteiger charge is -2.24. The van der Waals surface area contributed by atoms with Gasteiger partial charge in [-0.2, -0.15) is 0 Å². The molecule has 20 heavy (non-hydrogen) atoms. The van der Waals surface area contributed by atoms with Gasteiger partial charge < -0.3 is 5.32 Å². The number of nitrogens with one attached hydrogen (secondary N) is 2. The van der Waals surface area contributed by atoms with Crippen LogP contribution < -0.4 is 10.0 Å². The first-order valence-electron chi connectivity index (χ1n) is 7.09. The van der Waals surface area contributed by atoms with E-state index < -0.39 is 15.6 Å². The molecule has 0 radical (unpaired) electrons. The molecule has 114 valence electrons. The molecule has 1 saturated carbocycles. The van der Waals surface area contributed by atoms with Crippen LogP contribution >= 0.6 is 11.3 Å². The zero-order valence-corrected chi connectivity index (χ0v) is 14.2. The molecule has 0 atom stereocenters. The van der Waals surface area contributed by atoms with Gasteiger partial charge in [0, 0.05) is 23.0 Å². The number of sulfonamides is 1. The van der Waals surface area contributed by atoms with Crippen molar-refractivity contribution >= 4 is 21.4 Å². The Morgan fingerprint density at radius 2 is 2.05 bits per heavy atom. The number of thiophene rings is 1. The Kier molecular flexibility index (Phi) is 4.59. The minimum absolute atomic E-state index is 0.422. The van der Waals surface area contributed by atoms with Gasteiger partial charge in [0.1, 0.15) is 4.90 Å². The molecule has 4 nitrogen and oxygen atoms in total. The summed E-state index contributed by atoms with van der Waals surface area (Å²) in [4.78, 5) is 1.38. The summed E-state index contributed by atoms with van der Waals surface area (Å²) in [6.07, 6.45) is 3.16. The van der Waals surface area contributed by atoms with Crippen LogP contribution in [0.15, 0.2) is 10.3 Å². The van der Waals surface area contributed by atoms with Crippen molar-refractivity contribution in [3.63, 3.8) is 0 Å². The van der Waals surface area contributed by atoms with E-state index in [1.54, 1.807) is 0 Å². The molecule has 2 N–H and O–H groups in total. The van der Waals surface area contributed by atoms with Crippen LogP contribution in [0.3, 0.4) is 0 Å². The van der Waals surface area contributed by atoms with Gasteiger partial charge in [-0.25, -0.2) is 13.1 Å². The maximum atomic E-state index is 12.6. The van der Waals surface area contributed by atoms with E-state index in [1.807, 2.05) is 33.1 Å². The monoisotopic (exact) mass is 316 g/mol. The first kappa shape index (κ1) is 15.9. The van der Waals surface area contributed by atoms with Crippen LogP contribution in [-0.4, -0.2) is 20.0 Å². The van der Waals surface area contributed by atoms with Crippen molar-refractivity contribution in [1.29, 1.82) is 0 Å². The van der Waals surface area contributed by atoms with Crippen molar-refractivity contribution in [2.75, 3.05) is 0 Å². The average Bonchev–Trinajstić information content (AvgIpc) is 3.08. The minimum Gasteiger partial charge on any atom is -0.309 e. The fourth-order valence-corrected chi connectivity index (χ4v) is 5.23. The highest BCUT2D eigenvalue weighted by atomic mass is 32.2. The van der Waals surface area contributed by atoms with E-state index in [2.05, 4.69) is 10.0 Å². The number of aryl methyl sites for hydroxylation is 1. The lowest BCUT2D eigenvalue weighted by atomic mass is 10.0. The quantitative estimate of drug-likeness (QED) is 0.813. The maximum Gasteiger partial charge on any atom is 0.242 e. The third kappa shape index (κ3) is 3.81. The van der Waals surface area contributed by atoms with Crippen molar-refractivity contribution in [3.05, 3.63) is 15.8 Å². The maximum absolute atomic E-state index is 12.6. The highest BCUT2D eigenvalue weighted by Gasteiger charge is 2.29. The summed E-state index contributed by atoms with van der Waals surface area (Å²) in [6.45, 7) is 8.32. The summed E-state index contributed by atoms with van der Waals surface area (Å²) in [6, 6.07) is 0.577. The van der Waals surface area contributed by atoms with Gasteiger partial charge >= 0.3 is 0 Å². The number of hydrogen-bond donors (Lipinski definition) is 2. The van der Waals surface area contributed by atoms with E-state index in [0.29, 0.717) is 17.5 Å². The van der Waals surface area contributed by atoms with E-state index in [1.165, 1.54) is 24.2 Å². The molecule has 0 aliphatic heterocycles. The molecule has 0 spiro atoms. The number of rotatable bonds is 7. The van der Waals surface area contributed by atoms with Gasteiger partial charge in [-0.3, -0.25) is 0 Å². The summed E-state index contributed by atoms with van der Waals surface area (Å²) in [5.41, 5.74) is 0.413. The van der Waals surface area contributed by atoms with Crippen molar-refractivity contribution in [2.45, 2.75) is 70.0 Å². The van der Waals surface area contributed by atoms with Crippen LogP contribution in [0.25, 0.3) is 0 Å². The summed E-state index contributed by atoms with van der Waals surface area (Å²) < 4.78 is 28.1. The highest BCUT2D eigenvalue weighted by Crippen LogP contribution is 2.29. The van der Waals surface area contributed by atoms with Gasteiger partial charge in [0.25, 0.3) is 0 Å². The molecule has 2 rings (SSSR count). The van der Waals surface area contributed by atoms with Crippen LogP contribution in [0.1, 0.15) is 50.5 Å². The lowest BCUT2D eigenvalue weighted by Crippen LogP contribution is -2.43. The van der Waals surface area contributed by atoms with Gasteiger partial charge in [-0.05, 0) is 51.0 Å². The summed E-state index contributed by atoms with van der Waals surface area (Å²) in [5.74, 6) is 0. The Labute approximate surface area is 126 Å². The predicted octanol–water partition coefficient (Wildman–Crippen LogP) is 2.78. The van der Waals surface area contributed by atoms with Crippen molar-refractivity contribution < 1.29 is 8.42 Å². The van der Waals surface area contributed by atoms with E-state index in [9.17, 15) is 8.42 Å². The van der Waals surface area contributed by atoms with E-state index in [4.69, 9.17) is 0 Å². The van der Waals surface area contributed by atoms with Gasteiger partial charge in [0.15, 0.2) is 0 Å². The molecule has 6 heteroatoms. The van der Waals surface area contributed by atoms with Gasteiger partial charge in [-0.15, -0.1) is 11.3 Å². The Bertz CT molecular complexity index is 572. The average molecular weight is 316 g/mol. The van der Waals surface area contributed by atoms with Crippen molar-refractivity contribution in [1.82, 2.24) is 10.0 Å². The lowest BCUT2D eigenvalue weighted by molar-refractivity contribution is 0.439. The predicted molar refractivity (Wildman–Crippen MR) is 83.6 cm³/mol. The molecule has 1 aromatic heterocycles. The van der Waals surface area contributed by atoms with Crippen LogP contribution in [0.4, 0.5) is 0 Å². The van der Waals surface area contributed by atoms with E-state index >= 15 is 0 Å². The highest BCUT2D eigenvalue weighted by molar-refractivity contribution is 7.89. The molecule has 0 amide bonds. The first-order chi connectivity index (χ1) is 9.25. The van der Waals surface area contributed by atoms with Crippen molar-refractivity contribution in [2.24, 2.45) is 0 Å². The van der Waals surface area contributed by atoms with Crippen LogP contribution in [0, 0.1) is 6.92 Å². The van der Waals surface area contributed by atoms with Gasteiger partial charge in [0.2, 0.25) is 10.0 Å². The number of hydrogen-bond acceptors (Lipinski definition) is 4. The second-order valence-corrected chi connectivity index (χ2v) is 8.75. The largest absolute Gasteiger partial charge is 0.309 e. The van der Waals surface area contributed by atoms with Gasteiger partial charge in [-0.1, -0.05) is 6.92 Å². The van der Waals surface area contributed by atoms with E-state index in [0.717, 1.165) is 16.9 Å². The Hall–Kier alpha value is -0.430. The second kappa shape index (κ2) is 5.75. The molecule has 1 heterocycles. The molecule has 1 fully saturated rings. The Morgan fingerprint density at radius 3 is 2.60 bits per heavy atom. The Balaban J connectivity index is 2.23. The second-order valence-electron chi connectivity index (χ2n) is 6.17. The van der Waals surface area contributed by atoms with Crippen molar-refractivity contribution in [3.8, 4) is 0 Å². The van der Waals surface area contributed by atoms with E-state index in [-0.39, 0.29) is 0 Å². The topological polar surface area (TPSA) is 58.2 Å². The molecule has 1 aliphatic carbocycles. The molecule has 1 aromatic rings. The fraction of sp³-hybridized carbons (Fsp3) is 0.714. The summed E-state index contributed by atoms with van der Waals surface area (Å²) >= 11 is 1.52. The molecular weight excluding hydrogens is 292 g/mol. The third-order valence-corrected chi connectivity index (χ3v) is 6.84. The summed E-state index contributed by atoms with van der Waals surface area (Å²) in [7, 11) is -3.46. The standard InChI is InChI=1S/C14H24N2O2S2/c1-5-14(3,4)16-20(17,18)13-10(2)9-19-12(13)8-15-11-6-7-11/h9,11,15-16H,5-8H2,1-4H3. The molecule has 0 aromatic carbocycles. The molecule has 0 bridgehead atoms. The van der Waals surface area contributed by atoms with Crippen LogP contribution in [0.5, 0.6) is 0 Å². The SMILES string of the molecule is CCC(C)(C)NS(=O)(=O)c1c(C)csc1CNC1CC1. The molecule has 0 unspecified atom stereocenters. The Morgan fingerprint density at radius 1 is 1.40 bits per heavy atom. The third-order valence-electron chi connectivity index (χ3n) is 3.68. The van der Waals surface area contributed by atoms with Gasteiger partial charge in [0.05, 0.1) is 0 Å². The van der Waals surface area contributed by atoms with Crippen LogP contribution in [0.2, 0.25) is 0 Å². The molecule has 0 saturated heterocycles. The molecular formula is C14H24N2O2S2. The zero-order valence-electron chi connectivity index (χ0n) is 12.6. The zero-order chi connectivity index (χ0) is 15.0. The smallest absolute Gasteiger partial charge is 0.242 e. The minimum atomic E-state index is -3.46. The van der Waals surface area contributed by atoms with Crippen LogP contribution in [-0.2, 0) is 16.6 Å². The molecule has 1 aliphatic rings. The fourth-order valence-electron chi connectivity index (χ4n) is 1.98. The summed E-state index contributed by atoms with van der Waals surface area (Å²) in [5, 5.41) is 5.32. The normalized spacial score (nSPS) is 16.6. The first-order valence-corrected chi connectivity index (χ1v) is 9.46.